The van der Waals surface area contributed by atoms with Crippen molar-refractivity contribution in [3.05, 3.63) is 42.2 Å². The summed E-state index contributed by atoms with van der Waals surface area (Å²) in [6, 6.07) is 9.11. The smallest absolute Gasteiger partial charge is 0.274 e. The van der Waals surface area contributed by atoms with Gasteiger partial charge >= 0.3 is 0 Å². The van der Waals surface area contributed by atoms with Crippen molar-refractivity contribution in [2.75, 3.05) is 19.3 Å². The molecule has 21 heavy (non-hydrogen) atoms. The molecular weight excluding hydrogens is 264 g/mol. The molecule has 0 spiro atoms. The minimum absolute atomic E-state index is 0.0511. The number of anilines is 1. The van der Waals surface area contributed by atoms with E-state index in [1.165, 1.54) is 0 Å². The second kappa shape index (κ2) is 6.43. The molecule has 0 bridgehead atoms. The highest BCUT2D eigenvalue weighted by molar-refractivity contribution is 5.92. The highest BCUT2D eigenvalue weighted by Crippen LogP contribution is 2.12. The number of carbonyl (C=O) groups excluding carboxylic acids is 1. The first kappa shape index (κ1) is 15.1. The van der Waals surface area contributed by atoms with E-state index in [1.807, 2.05) is 31.3 Å². The number of benzene rings is 1. The second-order valence-corrected chi connectivity index (χ2v) is 5.65. The van der Waals surface area contributed by atoms with Crippen molar-refractivity contribution in [2.45, 2.75) is 20.3 Å². The van der Waals surface area contributed by atoms with Gasteiger partial charge in [0.2, 0.25) is 0 Å². The van der Waals surface area contributed by atoms with Gasteiger partial charge in [-0.2, -0.15) is 5.10 Å². The fourth-order valence-electron chi connectivity index (χ4n) is 1.96. The molecule has 2 aromatic rings. The van der Waals surface area contributed by atoms with Crippen molar-refractivity contribution in [1.82, 2.24) is 14.7 Å². The Morgan fingerprint density at radius 2 is 1.95 bits per heavy atom. The van der Waals surface area contributed by atoms with E-state index in [0.29, 0.717) is 17.3 Å². The van der Waals surface area contributed by atoms with Crippen molar-refractivity contribution >= 4 is 11.6 Å². The lowest BCUT2D eigenvalue weighted by molar-refractivity contribution is 0.0783. The average molecular weight is 286 g/mol. The van der Waals surface area contributed by atoms with Gasteiger partial charge in [-0.15, -0.1) is 0 Å². The molecule has 5 nitrogen and oxygen atoms in total. The summed E-state index contributed by atoms with van der Waals surface area (Å²) < 4.78 is 1.68. The molecule has 0 atom stereocenters. The third-order valence-corrected chi connectivity index (χ3v) is 3.35. The SMILES string of the molecule is CC(C)CCN(C)C(=O)c1ccn(-c2ccc(N)cc2)n1. The Morgan fingerprint density at radius 3 is 2.57 bits per heavy atom. The first-order chi connectivity index (χ1) is 9.97. The van der Waals surface area contributed by atoms with Gasteiger partial charge in [-0.3, -0.25) is 4.79 Å². The van der Waals surface area contributed by atoms with Crippen LogP contribution < -0.4 is 5.73 Å². The lowest BCUT2D eigenvalue weighted by Gasteiger charge is -2.16. The Balaban J connectivity index is 2.08. The summed E-state index contributed by atoms with van der Waals surface area (Å²) in [6.45, 7) is 5.04. The van der Waals surface area contributed by atoms with Crippen LogP contribution in [0.25, 0.3) is 5.69 Å². The molecule has 0 fully saturated rings. The number of nitrogens with two attached hydrogens (primary N) is 1. The second-order valence-electron chi connectivity index (χ2n) is 5.65. The van der Waals surface area contributed by atoms with Crippen LogP contribution in [-0.2, 0) is 0 Å². The van der Waals surface area contributed by atoms with Crippen molar-refractivity contribution in [1.29, 1.82) is 0 Å². The lowest BCUT2D eigenvalue weighted by atomic mass is 10.1. The predicted octanol–water partition coefficient (Wildman–Crippen LogP) is 2.57. The summed E-state index contributed by atoms with van der Waals surface area (Å²) in [5.74, 6) is 0.525. The molecule has 2 rings (SSSR count). The Kier molecular flexibility index (Phi) is 4.62. The molecular formula is C16H22N4O. The van der Waals surface area contributed by atoms with Crippen LogP contribution in [0.3, 0.4) is 0 Å². The van der Waals surface area contributed by atoms with E-state index >= 15 is 0 Å². The summed E-state index contributed by atoms with van der Waals surface area (Å²) in [7, 11) is 1.81. The van der Waals surface area contributed by atoms with Gasteiger partial charge < -0.3 is 10.6 Å². The van der Waals surface area contributed by atoms with E-state index in [-0.39, 0.29) is 5.91 Å². The van der Waals surface area contributed by atoms with Crippen molar-refractivity contribution in [3.63, 3.8) is 0 Å². The molecule has 1 heterocycles. The number of aromatic nitrogens is 2. The van der Waals surface area contributed by atoms with Gasteiger partial charge in [0.1, 0.15) is 0 Å². The average Bonchev–Trinajstić information content (AvgIpc) is 2.94. The van der Waals surface area contributed by atoms with E-state index < -0.39 is 0 Å². The van der Waals surface area contributed by atoms with E-state index in [2.05, 4.69) is 18.9 Å². The van der Waals surface area contributed by atoms with Crippen LogP contribution in [0.15, 0.2) is 36.5 Å². The van der Waals surface area contributed by atoms with Gasteiger partial charge in [-0.05, 0) is 42.7 Å². The summed E-state index contributed by atoms with van der Waals surface area (Å²) in [5, 5.41) is 4.34. The van der Waals surface area contributed by atoms with Crippen LogP contribution in [0.1, 0.15) is 30.8 Å². The Hall–Kier alpha value is -2.30. The number of nitrogens with zero attached hydrogens (tertiary/aromatic N) is 3. The first-order valence-corrected chi connectivity index (χ1v) is 7.14. The van der Waals surface area contributed by atoms with Crippen LogP contribution >= 0.6 is 0 Å². The molecule has 112 valence electrons. The molecule has 0 aliphatic heterocycles. The Bertz CT molecular complexity index is 601. The van der Waals surface area contributed by atoms with E-state index in [0.717, 1.165) is 18.7 Å². The van der Waals surface area contributed by atoms with E-state index in [9.17, 15) is 4.79 Å². The molecule has 1 amide bonds. The summed E-state index contributed by atoms with van der Waals surface area (Å²) in [4.78, 5) is 14.0. The van der Waals surface area contributed by atoms with E-state index in [1.54, 1.807) is 21.8 Å². The normalized spacial score (nSPS) is 10.9. The zero-order valence-electron chi connectivity index (χ0n) is 12.8. The molecule has 2 N–H and O–H groups in total. The summed E-state index contributed by atoms with van der Waals surface area (Å²) in [6.07, 6.45) is 2.77. The summed E-state index contributed by atoms with van der Waals surface area (Å²) >= 11 is 0. The van der Waals surface area contributed by atoms with Gasteiger partial charge in [-0.25, -0.2) is 4.68 Å². The van der Waals surface area contributed by atoms with Gasteiger partial charge in [0.05, 0.1) is 5.69 Å². The van der Waals surface area contributed by atoms with Crippen LogP contribution in [0.5, 0.6) is 0 Å². The number of nitrogen functional groups attached to an aromatic ring is 1. The minimum Gasteiger partial charge on any atom is -0.399 e. The standard InChI is InChI=1S/C16H22N4O/c1-12(2)8-10-19(3)16(21)15-9-11-20(18-15)14-6-4-13(17)5-7-14/h4-7,9,11-12H,8,10,17H2,1-3H3. The lowest BCUT2D eigenvalue weighted by Crippen LogP contribution is -2.28. The molecule has 0 unspecified atom stereocenters. The van der Waals surface area contributed by atoms with Crippen molar-refractivity contribution in [2.24, 2.45) is 5.92 Å². The molecule has 0 saturated carbocycles. The van der Waals surface area contributed by atoms with Gasteiger partial charge in [0, 0.05) is 25.5 Å². The summed E-state index contributed by atoms with van der Waals surface area (Å²) in [5.41, 5.74) is 7.71. The minimum atomic E-state index is -0.0511. The van der Waals surface area contributed by atoms with Crippen LogP contribution in [0, 0.1) is 5.92 Å². The number of amides is 1. The fourth-order valence-corrected chi connectivity index (χ4v) is 1.96. The first-order valence-electron chi connectivity index (χ1n) is 7.14. The molecule has 0 radical (unpaired) electrons. The Morgan fingerprint density at radius 1 is 1.29 bits per heavy atom. The number of rotatable bonds is 5. The molecule has 5 heteroatoms. The maximum atomic E-state index is 12.3. The zero-order chi connectivity index (χ0) is 15.4. The van der Waals surface area contributed by atoms with Crippen molar-refractivity contribution in [3.8, 4) is 5.69 Å². The number of hydrogen-bond acceptors (Lipinski definition) is 3. The topological polar surface area (TPSA) is 64.2 Å². The number of hydrogen-bond donors (Lipinski definition) is 1. The third kappa shape index (κ3) is 3.84. The molecule has 1 aromatic carbocycles. The fraction of sp³-hybridized carbons (Fsp3) is 0.375. The quantitative estimate of drug-likeness (QED) is 0.859. The van der Waals surface area contributed by atoms with Crippen LogP contribution in [0.4, 0.5) is 5.69 Å². The van der Waals surface area contributed by atoms with Gasteiger partial charge in [0.15, 0.2) is 5.69 Å². The molecule has 0 aliphatic carbocycles. The molecule has 0 aliphatic rings. The van der Waals surface area contributed by atoms with Gasteiger partial charge in [-0.1, -0.05) is 13.8 Å². The maximum absolute atomic E-state index is 12.3. The van der Waals surface area contributed by atoms with E-state index in [4.69, 9.17) is 5.73 Å². The third-order valence-electron chi connectivity index (χ3n) is 3.35. The zero-order valence-corrected chi connectivity index (χ0v) is 12.8. The molecule has 1 aromatic heterocycles. The predicted molar refractivity (Wildman–Crippen MR) is 84.4 cm³/mol. The monoisotopic (exact) mass is 286 g/mol. The van der Waals surface area contributed by atoms with Crippen LogP contribution in [-0.4, -0.2) is 34.2 Å². The van der Waals surface area contributed by atoms with Gasteiger partial charge in [0.25, 0.3) is 5.91 Å². The highest BCUT2D eigenvalue weighted by atomic mass is 16.2. The molecule has 0 saturated heterocycles. The maximum Gasteiger partial charge on any atom is 0.274 e. The van der Waals surface area contributed by atoms with Crippen LogP contribution in [0.2, 0.25) is 0 Å². The number of carbonyl (C=O) groups is 1. The van der Waals surface area contributed by atoms with Crippen molar-refractivity contribution < 1.29 is 4.79 Å². The highest BCUT2D eigenvalue weighted by Gasteiger charge is 2.15. The largest absolute Gasteiger partial charge is 0.399 e. The Labute approximate surface area is 125 Å².